The summed E-state index contributed by atoms with van der Waals surface area (Å²) in [5.41, 5.74) is 3.43. The Kier molecular flexibility index (Phi) is 9.05. The zero-order chi connectivity index (χ0) is 14.7. The molecule has 2 rings (SSSR count). The van der Waals surface area contributed by atoms with Crippen LogP contribution in [0.4, 0.5) is 0 Å². The molecule has 1 N–H and O–H groups in total. The first-order valence-corrected chi connectivity index (χ1v) is 7.49. The van der Waals surface area contributed by atoms with Crippen molar-refractivity contribution in [3.63, 3.8) is 0 Å². The second-order valence-electron chi connectivity index (χ2n) is 5.81. The molecule has 0 saturated carbocycles. The van der Waals surface area contributed by atoms with E-state index in [0.717, 1.165) is 44.7 Å². The van der Waals surface area contributed by atoms with Gasteiger partial charge in [-0.15, -0.1) is 24.8 Å². The summed E-state index contributed by atoms with van der Waals surface area (Å²) < 4.78 is 1.90. The van der Waals surface area contributed by atoms with Gasteiger partial charge in [0, 0.05) is 38.3 Å². The topological polar surface area (TPSA) is 50.2 Å². The largest absolute Gasteiger partial charge is 0.341 e. The number of nitrogens with one attached hydrogen (secondary N) is 1. The van der Waals surface area contributed by atoms with E-state index in [-0.39, 0.29) is 36.6 Å². The molecule has 128 valence electrons. The van der Waals surface area contributed by atoms with Crippen LogP contribution in [0.3, 0.4) is 0 Å². The lowest BCUT2D eigenvalue weighted by atomic mass is 9.98. The van der Waals surface area contributed by atoms with Gasteiger partial charge in [-0.3, -0.25) is 9.48 Å². The van der Waals surface area contributed by atoms with Gasteiger partial charge in [-0.05, 0) is 38.8 Å². The molecule has 1 aliphatic rings. The minimum Gasteiger partial charge on any atom is -0.341 e. The van der Waals surface area contributed by atoms with Gasteiger partial charge in [0.25, 0.3) is 0 Å². The van der Waals surface area contributed by atoms with E-state index in [1.807, 2.05) is 30.5 Å². The van der Waals surface area contributed by atoms with Gasteiger partial charge in [0.05, 0.1) is 5.69 Å². The van der Waals surface area contributed by atoms with Crippen LogP contribution in [-0.4, -0.2) is 46.8 Å². The molecule has 1 unspecified atom stereocenters. The molecular weight excluding hydrogens is 323 g/mol. The number of nitrogens with zero attached hydrogens (tertiary/aromatic N) is 3. The summed E-state index contributed by atoms with van der Waals surface area (Å²) in [7, 11) is 1.96. The van der Waals surface area contributed by atoms with Crippen LogP contribution in [0.25, 0.3) is 0 Å². The van der Waals surface area contributed by atoms with E-state index in [4.69, 9.17) is 0 Å². The summed E-state index contributed by atoms with van der Waals surface area (Å²) in [6.45, 7) is 9.75. The highest BCUT2D eigenvalue weighted by Crippen LogP contribution is 2.18. The van der Waals surface area contributed by atoms with Crippen molar-refractivity contribution in [3.05, 3.63) is 17.0 Å². The quantitative estimate of drug-likeness (QED) is 0.905. The molecule has 1 saturated heterocycles. The van der Waals surface area contributed by atoms with Crippen molar-refractivity contribution in [2.45, 2.75) is 33.6 Å². The smallest absolute Gasteiger partial charge is 0.225 e. The average molecular weight is 351 g/mol. The Morgan fingerprint density at radius 1 is 1.27 bits per heavy atom. The molecular formula is C15H28Cl2N4O. The van der Waals surface area contributed by atoms with E-state index in [9.17, 15) is 4.79 Å². The Morgan fingerprint density at radius 3 is 2.55 bits per heavy atom. The SMILES string of the molecule is Cc1nn(C)c(C)c1CC(C)C(=O)N1CCCNCC1.Cl.Cl. The fourth-order valence-corrected chi connectivity index (χ4v) is 2.88. The normalized spacial score (nSPS) is 16.3. The molecule has 1 aromatic rings. The van der Waals surface area contributed by atoms with Crippen molar-refractivity contribution >= 4 is 30.7 Å². The maximum absolute atomic E-state index is 12.6. The molecule has 0 aromatic carbocycles. The van der Waals surface area contributed by atoms with Gasteiger partial charge in [0.1, 0.15) is 0 Å². The van der Waals surface area contributed by atoms with Crippen molar-refractivity contribution in [2.75, 3.05) is 26.2 Å². The van der Waals surface area contributed by atoms with Gasteiger partial charge < -0.3 is 10.2 Å². The number of halogens is 2. The summed E-state index contributed by atoms with van der Waals surface area (Å²) in [5, 5.41) is 7.77. The highest BCUT2D eigenvalue weighted by Gasteiger charge is 2.23. The van der Waals surface area contributed by atoms with Crippen LogP contribution in [0, 0.1) is 19.8 Å². The Labute approximate surface area is 145 Å². The van der Waals surface area contributed by atoms with Gasteiger partial charge in [-0.2, -0.15) is 5.10 Å². The predicted molar refractivity (Wildman–Crippen MR) is 94.1 cm³/mol. The highest BCUT2D eigenvalue weighted by molar-refractivity contribution is 5.85. The molecule has 1 fully saturated rings. The van der Waals surface area contributed by atoms with Gasteiger partial charge in [-0.25, -0.2) is 0 Å². The van der Waals surface area contributed by atoms with Crippen LogP contribution in [0.5, 0.6) is 0 Å². The van der Waals surface area contributed by atoms with Gasteiger partial charge in [0.15, 0.2) is 0 Å². The molecule has 0 aliphatic carbocycles. The minimum absolute atomic E-state index is 0. The van der Waals surface area contributed by atoms with Gasteiger partial charge in [0.2, 0.25) is 5.91 Å². The van der Waals surface area contributed by atoms with Crippen LogP contribution in [0.2, 0.25) is 0 Å². The van der Waals surface area contributed by atoms with Crippen molar-refractivity contribution in [2.24, 2.45) is 13.0 Å². The first-order valence-electron chi connectivity index (χ1n) is 7.49. The molecule has 1 amide bonds. The fourth-order valence-electron chi connectivity index (χ4n) is 2.88. The molecule has 1 atom stereocenters. The standard InChI is InChI=1S/C15H26N4O.2ClH/c1-11(10-14-12(2)17-18(4)13(14)3)15(20)19-8-5-6-16-7-9-19;;/h11,16H,5-10H2,1-4H3;2*1H. The molecule has 0 spiro atoms. The van der Waals surface area contributed by atoms with Crippen LogP contribution in [0.1, 0.15) is 30.3 Å². The zero-order valence-electron chi connectivity index (χ0n) is 13.9. The third kappa shape index (κ3) is 4.86. The second kappa shape index (κ2) is 9.38. The maximum atomic E-state index is 12.6. The van der Waals surface area contributed by atoms with E-state index in [0.29, 0.717) is 0 Å². The number of hydrogen-bond acceptors (Lipinski definition) is 3. The predicted octanol–water partition coefficient (Wildman–Crippen LogP) is 1.88. The van der Waals surface area contributed by atoms with E-state index in [1.54, 1.807) is 0 Å². The third-order valence-electron chi connectivity index (χ3n) is 4.24. The summed E-state index contributed by atoms with van der Waals surface area (Å²) in [5.74, 6) is 0.297. The first kappa shape index (κ1) is 21.2. The summed E-state index contributed by atoms with van der Waals surface area (Å²) in [4.78, 5) is 14.6. The number of rotatable bonds is 3. The Balaban J connectivity index is 0.00000220. The van der Waals surface area contributed by atoms with E-state index < -0.39 is 0 Å². The lowest BCUT2D eigenvalue weighted by Crippen LogP contribution is -2.38. The van der Waals surface area contributed by atoms with Crippen molar-refractivity contribution < 1.29 is 4.79 Å². The molecule has 0 bridgehead atoms. The van der Waals surface area contributed by atoms with Crippen molar-refractivity contribution in [3.8, 4) is 0 Å². The Hall–Kier alpha value is -0.780. The number of carbonyl (C=O) groups is 1. The number of aromatic nitrogens is 2. The summed E-state index contributed by atoms with van der Waals surface area (Å²) in [6.07, 6.45) is 1.83. The van der Waals surface area contributed by atoms with E-state index >= 15 is 0 Å². The lowest BCUT2D eigenvalue weighted by Gasteiger charge is -2.24. The molecule has 5 nitrogen and oxygen atoms in total. The molecule has 1 aromatic heterocycles. The second-order valence-corrected chi connectivity index (χ2v) is 5.81. The van der Waals surface area contributed by atoms with Crippen molar-refractivity contribution in [1.82, 2.24) is 20.0 Å². The Bertz CT molecular complexity index is 482. The minimum atomic E-state index is 0. The molecule has 1 aliphatic heterocycles. The first-order chi connectivity index (χ1) is 9.50. The van der Waals surface area contributed by atoms with Crippen LogP contribution < -0.4 is 5.32 Å². The molecule has 0 radical (unpaired) electrons. The number of hydrogen-bond donors (Lipinski definition) is 1. The number of amides is 1. The van der Waals surface area contributed by atoms with E-state index in [2.05, 4.69) is 17.3 Å². The third-order valence-corrected chi connectivity index (χ3v) is 4.24. The molecule has 7 heteroatoms. The monoisotopic (exact) mass is 350 g/mol. The van der Waals surface area contributed by atoms with Crippen molar-refractivity contribution in [1.29, 1.82) is 0 Å². The maximum Gasteiger partial charge on any atom is 0.225 e. The lowest BCUT2D eigenvalue weighted by molar-refractivity contribution is -0.134. The Morgan fingerprint density at radius 2 is 1.95 bits per heavy atom. The molecule has 2 heterocycles. The fraction of sp³-hybridized carbons (Fsp3) is 0.733. The highest BCUT2D eigenvalue weighted by atomic mass is 35.5. The molecule has 22 heavy (non-hydrogen) atoms. The average Bonchev–Trinajstić information content (AvgIpc) is 2.67. The van der Waals surface area contributed by atoms with Crippen LogP contribution in [-0.2, 0) is 18.3 Å². The van der Waals surface area contributed by atoms with Crippen LogP contribution >= 0.6 is 24.8 Å². The number of aryl methyl sites for hydroxylation is 2. The van der Waals surface area contributed by atoms with Gasteiger partial charge in [-0.1, -0.05) is 6.92 Å². The summed E-state index contributed by atoms with van der Waals surface area (Å²) in [6, 6.07) is 0. The van der Waals surface area contributed by atoms with E-state index in [1.165, 1.54) is 11.3 Å². The number of carbonyl (C=O) groups excluding carboxylic acids is 1. The summed E-state index contributed by atoms with van der Waals surface area (Å²) >= 11 is 0. The zero-order valence-corrected chi connectivity index (χ0v) is 15.5. The van der Waals surface area contributed by atoms with Gasteiger partial charge >= 0.3 is 0 Å². The van der Waals surface area contributed by atoms with Crippen LogP contribution in [0.15, 0.2) is 0 Å².